The standard InChI is InChI=1S/C13H13AsN2O5/c14-7-3-1-2-6(10(7)13(20)21)11(18)15-8-4-5-9(17)16-12(8)19/h1-3,8H,4-5,14H2,(H,15,18)(H,20,21)(H,16,17,19). The molecule has 0 bridgehead atoms. The molecule has 21 heavy (non-hydrogen) atoms. The van der Waals surface area contributed by atoms with Crippen LogP contribution in [-0.4, -0.2) is 51.7 Å². The van der Waals surface area contributed by atoms with Gasteiger partial charge in [0.05, 0.1) is 0 Å². The molecule has 3 amide bonds. The number of rotatable bonds is 3. The minimum atomic E-state index is -1.19. The number of aromatic carboxylic acids is 1. The zero-order valence-corrected chi connectivity index (χ0v) is 13.3. The van der Waals surface area contributed by atoms with Crippen LogP contribution >= 0.6 is 0 Å². The molecule has 7 nitrogen and oxygen atoms in total. The SMILES string of the molecule is O=C1CCC(NC(=O)c2cccc([AsH2])c2C(=O)O)C(=O)N1. The van der Waals surface area contributed by atoms with Gasteiger partial charge in [-0.25, -0.2) is 0 Å². The first-order valence-corrected chi connectivity index (χ1v) is 7.37. The van der Waals surface area contributed by atoms with Gasteiger partial charge >= 0.3 is 128 Å². The fourth-order valence-electron chi connectivity index (χ4n) is 2.07. The molecular weight excluding hydrogens is 339 g/mol. The zero-order chi connectivity index (χ0) is 15.6. The molecule has 110 valence electrons. The molecule has 0 spiro atoms. The average molecular weight is 352 g/mol. The molecule has 0 saturated carbocycles. The summed E-state index contributed by atoms with van der Waals surface area (Å²) in [6, 6.07) is 3.77. The summed E-state index contributed by atoms with van der Waals surface area (Å²) in [6.45, 7) is 0. The van der Waals surface area contributed by atoms with Crippen LogP contribution in [0, 0.1) is 0 Å². The summed E-state index contributed by atoms with van der Waals surface area (Å²) < 4.78 is 0.519. The first kappa shape index (κ1) is 15.3. The van der Waals surface area contributed by atoms with Crippen LogP contribution in [0.15, 0.2) is 18.2 Å². The Morgan fingerprint density at radius 3 is 2.67 bits per heavy atom. The van der Waals surface area contributed by atoms with E-state index in [2.05, 4.69) is 10.6 Å². The molecular formula is C13H13AsN2O5. The van der Waals surface area contributed by atoms with Gasteiger partial charge in [-0.3, -0.25) is 0 Å². The number of nitrogens with one attached hydrogen (secondary N) is 2. The van der Waals surface area contributed by atoms with Crippen molar-refractivity contribution in [3.63, 3.8) is 0 Å². The molecule has 1 saturated heterocycles. The van der Waals surface area contributed by atoms with E-state index in [1.165, 1.54) is 6.07 Å². The monoisotopic (exact) mass is 352 g/mol. The summed E-state index contributed by atoms with van der Waals surface area (Å²) in [5, 5.41) is 13.8. The second-order valence-corrected chi connectivity index (χ2v) is 5.86. The Hall–Kier alpha value is -2.14. The first-order chi connectivity index (χ1) is 9.90. The third-order valence-corrected chi connectivity index (χ3v) is 4.11. The Kier molecular flexibility index (Phi) is 4.43. The number of hydrogen-bond donors (Lipinski definition) is 3. The molecule has 0 radical (unpaired) electrons. The van der Waals surface area contributed by atoms with Gasteiger partial charge in [-0.1, -0.05) is 0 Å². The molecule has 1 heterocycles. The van der Waals surface area contributed by atoms with Crippen LogP contribution in [0.2, 0.25) is 0 Å². The van der Waals surface area contributed by atoms with E-state index in [4.69, 9.17) is 0 Å². The average Bonchev–Trinajstić information content (AvgIpc) is 2.41. The Balaban J connectivity index is 2.22. The second-order valence-electron chi connectivity index (χ2n) is 4.55. The fraction of sp³-hybridized carbons (Fsp3) is 0.231. The normalized spacial score (nSPS) is 18.0. The maximum absolute atomic E-state index is 12.2. The summed E-state index contributed by atoms with van der Waals surface area (Å²) in [7, 11) is 0. The van der Waals surface area contributed by atoms with E-state index in [0.717, 1.165) is 16.9 Å². The Labute approximate surface area is 128 Å². The van der Waals surface area contributed by atoms with Crippen molar-refractivity contribution in [1.29, 1.82) is 0 Å². The van der Waals surface area contributed by atoms with Crippen LogP contribution in [0.5, 0.6) is 0 Å². The molecule has 1 aliphatic heterocycles. The number of amides is 3. The van der Waals surface area contributed by atoms with Crippen LogP contribution < -0.4 is 15.0 Å². The molecule has 0 aliphatic carbocycles. The van der Waals surface area contributed by atoms with E-state index in [-0.39, 0.29) is 29.9 Å². The number of carbonyl (C=O) groups is 4. The third kappa shape index (κ3) is 3.31. The molecule has 1 fully saturated rings. The molecule has 3 N–H and O–H groups in total. The summed E-state index contributed by atoms with van der Waals surface area (Å²) in [4.78, 5) is 46.1. The first-order valence-electron chi connectivity index (χ1n) is 6.16. The van der Waals surface area contributed by atoms with E-state index in [9.17, 15) is 24.3 Å². The topological polar surface area (TPSA) is 113 Å². The van der Waals surface area contributed by atoms with E-state index in [1.54, 1.807) is 12.1 Å². The molecule has 2 rings (SSSR count). The number of imide groups is 1. The van der Waals surface area contributed by atoms with Gasteiger partial charge in [-0.2, -0.15) is 0 Å². The minimum absolute atomic E-state index is 0.00840. The van der Waals surface area contributed by atoms with Gasteiger partial charge in [0.25, 0.3) is 0 Å². The van der Waals surface area contributed by atoms with Crippen molar-refractivity contribution in [2.24, 2.45) is 0 Å². The van der Waals surface area contributed by atoms with Gasteiger partial charge in [-0.15, -0.1) is 0 Å². The van der Waals surface area contributed by atoms with Crippen molar-refractivity contribution >= 4 is 44.9 Å². The molecule has 1 aliphatic rings. The van der Waals surface area contributed by atoms with Crippen molar-refractivity contribution in [2.45, 2.75) is 18.9 Å². The van der Waals surface area contributed by atoms with E-state index in [0.29, 0.717) is 4.35 Å². The second kappa shape index (κ2) is 6.09. The molecule has 0 aromatic heterocycles. The Morgan fingerprint density at radius 2 is 2.05 bits per heavy atom. The summed E-state index contributed by atoms with van der Waals surface area (Å²) in [5.41, 5.74) is -0.0589. The zero-order valence-electron chi connectivity index (χ0n) is 10.9. The Bertz CT molecular complexity index is 643. The number of benzene rings is 1. The van der Waals surface area contributed by atoms with Gasteiger partial charge in [0.15, 0.2) is 0 Å². The van der Waals surface area contributed by atoms with Crippen molar-refractivity contribution in [3.05, 3.63) is 29.3 Å². The molecule has 2 unspecified atom stereocenters. The fourth-order valence-corrected chi connectivity index (χ4v) is 2.88. The third-order valence-electron chi connectivity index (χ3n) is 3.10. The van der Waals surface area contributed by atoms with Crippen molar-refractivity contribution in [3.8, 4) is 0 Å². The van der Waals surface area contributed by atoms with E-state index < -0.39 is 23.8 Å². The number of piperidine rings is 1. The van der Waals surface area contributed by atoms with Crippen LogP contribution in [0.3, 0.4) is 0 Å². The summed E-state index contributed by atoms with van der Waals surface area (Å²) >= 11 is 1.09. The summed E-state index contributed by atoms with van der Waals surface area (Å²) in [5.74, 6) is -2.78. The molecule has 1 aromatic rings. The predicted molar refractivity (Wildman–Crippen MR) is 75.2 cm³/mol. The van der Waals surface area contributed by atoms with Crippen LogP contribution in [0.4, 0.5) is 0 Å². The van der Waals surface area contributed by atoms with Crippen molar-refractivity contribution < 1.29 is 24.3 Å². The predicted octanol–water partition coefficient (Wildman–Crippen LogP) is -1.82. The summed E-state index contributed by atoms with van der Waals surface area (Å²) in [6.07, 6.45) is 0.341. The number of carbonyl (C=O) groups excluding carboxylic acids is 3. The maximum atomic E-state index is 12.2. The van der Waals surface area contributed by atoms with E-state index in [1.807, 2.05) is 0 Å². The number of carboxylic acids is 1. The van der Waals surface area contributed by atoms with Gasteiger partial charge in [0.2, 0.25) is 0 Å². The Morgan fingerprint density at radius 1 is 1.33 bits per heavy atom. The number of hydrogen-bond acceptors (Lipinski definition) is 4. The molecule has 1 aromatic carbocycles. The van der Waals surface area contributed by atoms with E-state index >= 15 is 0 Å². The molecule has 8 heteroatoms. The molecule has 2 atom stereocenters. The quantitative estimate of drug-likeness (QED) is 0.438. The van der Waals surface area contributed by atoms with Gasteiger partial charge in [0.1, 0.15) is 0 Å². The number of carboxylic acid groups (broad SMARTS) is 1. The van der Waals surface area contributed by atoms with Crippen molar-refractivity contribution in [1.82, 2.24) is 10.6 Å². The van der Waals surface area contributed by atoms with Crippen LogP contribution in [0.25, 0.3) is 0 Å². The van der Waals surface area contributed by atoms with Gasteiger partial charge < -0.3 is 0 Å². The van der Waals surface area contributed by atoms with Gasteiger partial charge in [-0.05, 0) is 0 Å². The van der Waals surface area contributed by atoms with Gasteiger partial charge in [0, 0.05) is 0 Å². The van der Waals surface area contributed by atoms with Crippen LogP contribution in [-0.2, 0) is 9.59 Å². The van der Waals surface area contributed by atoms with Crippen molar-refractivity contribution in [2.75, 3.05) is 0 Å². The van der Waals surface area contributed by atoms with Crippen LogP contribution in [0.1, 0.15) is 33.6 Å².